The molecule has 0 aliphatic heterocycles. The first-order valence-electron chi connectivity index (χ1n) is 10.5. The van der Waals surface area contributed by atoms with Crippen molar-refractivity contribution in [1.82, 2.24) is 9.55 Å². The Morgan fingerprint density at radius 1 is 1.06 bits per heavy atom. The fourth-order valence-electron chi connectivity index (χ4n) is 3.38. The van der Waals surface area contributed by atoms with Crippen molar-refractivity contribution in [2.45, 2.75) is 45.5 Å². The Morgan fingerprint density at radius 3 is 2.48 bits per heavy atom. The second kappa shape index (κ2) is 10.9. The van der Waals surface area contributed by atoms with Crippen molar-refractivity contribution >= 4 is 5.97 Å². The van der Waals surface area contributed by atoms with E-state index in [1.807, 2.05) is 35.8 Å². The van der Waals surface area contributed by atoms with E-state index in [9.17, 15) is 18.0 Å². The summed E-state index contributed by atoms with van der Waals surface area (Å²) in [6.45, 7) is 2.85. The van der Waals surface area contributed by atoms with Gasteiger partial charge in [0.15, 0.2) is 0 Å². The zero-order chi connectivity index (χ0) is 23.8. The number of para-hydroxylation sites is 1. The van der Waals surface area contributed by atoms with Gasteiger partial charge in [0.1, 0.15) is 17.3 Å². The molecular weight excluding hydrogens is 437 g/mol. The molecule has 1 heterocycles. The Hall–Kier alpha value is -3.49. The molecule has 176 valence electrons. The number of carboxylic acids is 1. The number of benzene rings is 2. The summed E-state index contributed by atoms with van der Waals surface area (Å²) < 4.78 is 49.1. The van der Waals surface area contributed by atoms with Crippen molar-refractivity contribution in [3.05, 3.63) is 66.0 Å². The molecule has 0 spiro atoms. The third kappa shape index (κ3) is 7.27. The van der Waals surface area contributed by atoms with Crippen molar-refractivity contribution in [3.8, 4) is 22.9 Å². The fraction of sp³-hybridized carbons (Fsp3) is 0.333. The maximum Gasteiger partial charge on any atom is 0.573 e. The number of unbranched alkanes of at least 4 members (excludes halogenated alkanes) is 2. The van der Waals surface area contributed by atoms with Gasteiger partial charge in [-0.2, -0.15) is 0 Å². The van der Waals surface area contributed by atoms with Gasteiger partial charge in [-0.05, 0) is 56.5 Å². The lowest BCUT2D eigenvalue weighted by Crippen LogP contribution is -2.17. The minimum atomic E-state index is -4.74. The molecule has 1 N–H and O–H groups in total. The number of aliphatic carboxylic acids is 1. The van der Waals surface area contributed by atoms with Crippen molar-refractivity contribution in [1.29, 1.82) is 0 Å². The first-order valence-corrected chi connectivity index (χ1v) is 10.5. The minimum Gasteiger partial charge on any atom is -0.493 e. The van der Waals surface area contributed by atoms with Gasteiger partial charge >= 0.3 is 12.3 Å². The van der Waals surface area contributed by atoms with Crippen molar-refractivity contribution in [3.63, 3.8) is 0 Å². The van der Waals surface area contributed by atoms with Crippen molar-refractivity contribution in [2.75, 3.05) is 6.61 Å². The maximum absolute atomic E-state index is 12.4. The first kappa shape index (κ1) is 24.2. The number of hydrogen-bond donors (Lipinski definition) is 1. The van der Waals surface area contributed by atoms with Gasteiger partial charge in [-0.3, -0.25) is 4.79 Å². The average molecular weight is 462 g/mol. The lowest BCUT2D eigenvalue weighted by molar-refractivity contribution is -0.274. The molecule has 0 aliphatic carbocycles. The third-order valence-electron chi connectivity index (χ3n) is 4.99. The van der Waals surface area contributed by atoms with Crippen LogP contribution in [-0.4, -0.2) is 33.6 Å². The molecule has 0 fully saturated rings. The Labute approximate surface area is 189 Å². The molecule has 0 radical (unpaired) electrons. The minimum absolute atomic E-state index is 0.155. The average Bonchev–Trinajstić information content (AvgIpc) is 3.11. The molecule has 33 heavy (non-hydrogen) atoms. The standard InChI is InChI=1S/C24H25F3N2O4/c1-17-15-28-23(18-10-12-20(13-11-18)33-24(25,26)27)29(17)16-19-7-4-5-8-21(19)32-14-6-2-3-9-22(30)31/h4-5,7-8,10-13,15H,2-3,6,9,14,16H2,1H3,(H,30,31). The number of imidazole rings is 1. The summed E-state index contributed by atoms with van der Waals surface area (Å²) in [5, 5.41) is 8.70. The zero-order valence-electron chi connectivity index (χ0n) is 18.1. The molecule has 0 aliphatic rings. The van der Waals surface area contributed by atoms with Crippen LogP contribution >= 0.6 is 0 Å². The summed E-state index contributed by atoms with van der Waals surface area (Å²) in [6.07, 6.45) is -0.734. The maximum atomic E-state index is 12.4. The third-order valence-corrected chi connectivity index (χ3v) is 4.99. The van der Waals surface area contributed by atoms with E-state index < -0.39 is 12.3 Å². The molecule has 0 saturated heterocycles. The number of carboxylic acid groups (broad SMARTS) is 1. The molecule has 0 atom stereocenters. The predicted octanol–water partition coefficient (Wildman–Crippen LogP) is 5.83. The summed E-state index contributed by atoms with van der Waals surface area (Å²) in [5.41, 5.74) is 2.49. The molecule has 3 rings (SSSR count). The largest absolute Gasteiger partial charge is 0.573 e. The SMILES string of the molecule is Cc1cnc(-c2ccc(OC(F)(F)F)cc2)n1Cc1ccccc1OCCCCCC(=O)O. The molecule has 0 unspecified atom stereocenters. The van der Waals surface area contributed by atoms with Crippen LogP contribution in [0.2, 0.25) is 0 Å². The van der Waals surface area contributed by atoms with E-state index in [4.69, 9.17) is 9.84 Å². The summed E-state index contributed by atoms with van der Waals surface area (Å²) >= 11 is 0. The zero-order valence-corrected chi connectivity index (χ0v) is 18.1. The lowest BCUT2D eigenvalue weighted by atomic mass is 10.1. The quantitative estimate of drug-likeness (QED) is 0.363. The van der Waals surface area contributed by atoms with E-state index in [1.54, 1.807) is 18.3 Å². The highest BCUT2D eigenvalue weighted by atomic mass is 19.4. The summed E-state index contributed by atoms with van der Waals surface area (Å²) in [5.74, 6) is 0.261. The topological polar surface area (TPSA) is 73.6 Å². The van der Waals surface area contributed by atoms with Crippen molar-refractivity contribution in [2.24, 2.45) is 0 Å². The number of halogens is 3. The van der Waals surface area contributed by atoms with Crippen LogP contribution in [-0.2, 0) is 11.3 Å². The molecule has 0 saturated carbocycles. The highest BCUT2D eigenvalue weighted by Crippen LogP contribution is 2.28. The van der Waals surface area contributed by atoms with Crippen LogP contribution in [0.5, 0.6) is 11.5 Å². The van der Waals surface area contributed by atoms with Gasteiger partial charge in [-0.15, -0.1) is 13.2 Å². The Kier molecular flexibility index (Phi) is 7.97. The first-order chi connectivity index (χ1) is 15.7. The summed E-state index contributed by atoms with van der Waals surface area (Å²) in [6, 6.07) is 13.2. The summed E-state index contributed by atoms with van der Waals surface area (Å²) in [4.78, 5) is 15.0. The molecular formula is C24H25F3N2O4. The van der Waals surface area contributed by atoms with E-state index in [2.05, 4.69) is 9.72 Å². The van der Waals surface area contributed by atoms with Crippen LogP contribution in [0.3, 0.4) is 0 Å². The second-order valence-corrected chi connectivity index (χ2v) is 7.54. The van der Waals surface area contributed by atoms with Crippen molar-refractivity contribution < 1.29 is 32.5 Å². The van der Waals surface area contributed by atoms with Gasteiger partial charge < -0.3 is 19.1 Å². The normalized spacial score (nSPS) is 11.4. The fourth-order valence-corrected chi connectivity index (χ4v) is 3.38. The number of aromatic nitrogens is 2. The van der Waals surface area contributed by atoms with E-state index in [0.717, 1.165) is 29.8 Å². The monoisotopic (exact) mass is 462 g/mol. The molecule has 9 heteroatoms. The summed E-state index contributed by atoms with van der Waals surface area (Å²) in [7, 11) is 0. The molecule has 0 amide bonds. The van der Waals surface area contributed by atoms with Crippen LogP contribution < -0.4 is 9.47 Å². The number of rotatable bonds is 11. The van der Waals surface area contributed by atoms with Crippen LogP contribution in [0.25, 0.3) is 11.4 Å². The Bertz CT molecular complexity index is 1060. The van der Waals surface area contributed by atoms with Crippen LogP contribution in [0.4, 0.5) is 13.2 Å². The van der Waals surface area contributed by atoms with Crippen LogP contribution in [0.15, 0.2) is 54.7 Å². The van der Waals surface area contributed by atoms with Crippen LogP contribution in [0, 0.1) is 6.92 Å². The highest BCUT2D eigenvalue weighted by Gasteiger charge is 2.31. The number of nitrogens with zero attached hydrogens (tertiary/aromatic N) is 2. The smallest absolute Gasteiger partial charge is 0.493 e. The molecule has 2 aromatic carbocycles. The molecule has 3 aromatic rings. The van der Waals surface area contributed by atoms with Gasteiger partial charge in [-0.25, -0.2) is 4.98 Å². The van der Waals surface area contributed by atoms with Gasteiger partial charge in [-0.1, -0.05) is 18.2 Å². The molecule has 1 aromatic heterocycles. The highest BCUT2D eigenvalue weighted by molar-refractivity contribution is 5.66. The molecule has 0 bridgehead atoms. The number of carbonyl (C=O) groups is 1. The predicted molar refractivity (Wildman–Crippen MR) is 116 cm³/mol. The van der Waals surface area contributed by atoms with Gasteiger partial charge in [0.05, 0.1) is 13.2 Å². The molecule has 6 nitrogen and oxygen atoms in total. The van der Waals surface area contributed by atoms with E-state index in [-0.39, 0.29) is 12.2 Å². The van der Waals surface area contributed by atoms with Crippen LogP contribution in [0.1, 0.15) is 36.9 Å². The van der Waals surface area contributed by atoms with Gasteiger partial charge in [0, 0.05) is 29.4 Å². The Balaban J connectivity index is 1.70. The van der Waals surface area contributed by atoms with E-state index in [0.29, 0.717) is 31.0 Å². The lowest BCUT2D eigenvalue weighted by Gasteiger charge is -2.15. The van der Waals surface area contributed by atoms with E-state index in [1.165, 1.54) is 12.1 Å². The number of hydrogen-bond acceptors (Lipinski definition) is 4. The number of alkyl halides is 3. The second-order valence-electron chi connectivity index (χ2n) is 7.54. The Morgan fingerprint density at radius 2 is 1.79 bits per heavy atom. The van der Waals surface area contributed by atoms with E-state index >= 15 is 0 Å². The number of aryl methyl sites for hydroxylation is 1. The van der Waals surface area contributed by atoms with Gasteiger partial charge in [0.2, 0.25) is 0 Å². The number of ether oxygens (including phenoxy) is 2. The van der Waals surface area contributed by atoms with Gasteiger partial charge in [0.25, 0.3) is 0 Å².